The van der Waals surface area contributed by atoms with Gasteiger partial charge in [0.2, 0.25) is 11.8 Å². The normalized spacial score (nSPS) is 26.4. The summed E-state index contributed by atoms with van der Waals surface area (Å²) in [4.78, 5) is 61.5. The zero-order chi connectivity index (χ0) is 20.5. The van der Waals surface area contributed by atoms with Crippen molar-refractivity contribution < 1.29 is 28.7 Å². The number of hydrogen-bond acceptors (Lipinski definition) is 6. The van der Waals surface area contributed by atoms with E-state index in [-0.39, 0.29) is 35.5 Å². The molecule has 1 aromatic rings. The number of carbonyl (C=O) groups is 5. The number of ether oxygens (including phenoxy) is 1. The van der Waals surface area contributed by atoms with Gasteiger partial charge in [-0.2, -0.15) is 0 Å². The molecular formula is C20H19N3O6. The SMILES string of the molecule is O=C(COC(=O)CN1C(=O)[C@@H]2[C@H](C1=O)[C@@H]1C=C[C@H]2C1)NNC(=O)c1ccccc1. The highest BCUT2D eigenvalue weighted by Crippen LogP contribution is 2.52. The number of hydrogen-bond donors (Lipinski definition) is 2. The van der Waals surface area contributed by atoms with E-state index in [2.05, 4.69) is 10.9 Å². The fourth-order valence-electron chi connectivity index (χ4n) is 4.26. The second-order valence-electron chi connectivity index (χ2n) is 7.29. The lowest BCUT2D eigenvalue weighted by Crippen LogP contribution is -2.44. The van der Waals surface area contributed by atoms with Gasteiger partial charge in [0, 0.05) is 5.56 Å². The number of imide groups is 1. The topological polar surface area (TPSA) is 122 Å². The highest BCUT2D eigenvalue weighted by Gasteiger charge is 2.59. The van der Waals surface area contributed by atoms with Crippen molar-refractivity contribution in [3.63, 3.8) is 0 Å². The summed E-state index contributed by atoms with van der Waals surface area (Å²) in [6.07, 6.45) is 4.74. The Labute approximate surface area is 166 Å². The van der Waals surface area contributed by atoms with E-state index < -0.39 is 30.9 Å². The van der Waals surface area contributed by atoms with E-state index in [0.29, 0.717) is 5.56 Å². The molecule has 0 spiro atoms. The molecule has 1 saturated heterocycles. The zero-order valence-electron chi connectivity index (χ0n) is 15.4. The standard InChI is InChI=1S/C20H19N3O6/c24-14(21-22-18(26)11-4-2-1-3-5-11)10-29-15(25)9-23-19(27)16-12-6-7-13(8-12)17(16)20(23)28/h1-7,12-13,16-17H,8-10H2,(H,21,24)(H,22,26)/t12-,13+,16-,17+. The van der Waals surface area contributed by atoms with E-state index in [1.807, 2.05) is 12.2 Å². The number of amides is 4. The first-order chi connectivity index (χ1) is 14.0. The minimum atomic E-state index is -0.864. The predicted molar refractivity (Wildman–Crippen MR) is 97.4 cm³/mol. The Bertz CT molecular complexity index is 882. The van der Waals surface area contributed by atoms with E-state index in [4.69, 9.17) is 4.74 Å². The van der Waals surface area contributed by atoms with Crippen LogP contribution >= 0.6 is 0 Å². The van der Waals surface area contributed by atoms with Crippen molar-refractivity contribution in [3.8, 4) is 0 Å². The van der Waals surface area contributed by atoms with Crippen molar-refractivity contribution >= 4 is 29.6 Å². The van der Waals surface area contributed by atoms with Gasteiger partial charge in [-0.3, -0.25) is 39.7 Å². The van der Waals surface area contributed by atoms with Crippen LogP contribution in [0.25, 0.3) is 0 Å². The first-order valence-electron chi connectivity index (χ1n) is 9.29. The average molecular weight is 397 g/mol. The molecule has 3 aliphatic rings. The number of carbonyl (C=O) groups excluding carboxylic acids is 5. The Morgan fingerprint density at radius 1 is 0.966 bits per heavy atom. The molecule has 29 heavy (non-hydrogen) atoms. The van der Waals surface area contributed by atoms with E-state index >= 15 is 0 Å². The number of nitrogens with one attached hydrogen (secondary N) is 2. The fourth-order valence-corrected chi connectivity index (χ4v) is 4.26. The number of nitrogens with zero attached hydrogens (tertiary/aromatic N) is 1. The molecule has 1 saturated carbocycles. The monoisotopic (exact) mass is 397 g/mol. The number of benzene rings is 1. The van der Waals surface area contributed by atoms with Crippen LogP contribution in [0.1, 0.15) is 16.8 Å². The third-order valence-electron chi connectivity index (χ3n) is 5.56. The molecule has 2 fully saturated rings. The quantitative estimate of drug-likeness (QED) is 0.307. The number of hydrazine groups is 1. The van der Waals surface area contributed by atoms with Crippen molar-refractivity contribution in [2.24, 2.45) is 23.7 Å². The first-order valence-corrected chi connectivity index (χ1v) is 9.29. The Morgan fingerprint density at radius 3 is 2.21 bits per heavy atom. The van der Waals surface area contributed by atoms with Gasteiger partial charge in [-0.05, 0) is 30.4 Å². The molecule has 4 rings (SSSR count). The van der Waals surface area contributed by atoms with Crippen LogP contribution in [0.3, 0.4) is 0 Å². The van der Waals surface area contributed by atoms with Gasteiger partial charge in [-0.1, -0.05) is 30.4 Å². The number of likely N-dealkylation sites (tertiary alicyclic amines) is 1. The molecule has 2 bridgehead atoms. The van der Waals surface area contributed by atoms with E-state index in [1.54, 1.807) is 30.3 Å². The van der Waals surface area contributed by atoms with Crippen molar-refractivity contribution in [3.05, 3.63) is 48.0 Å². The fraction of sp³-hybridized carbons (Fsp3) is 0.350. The average Bonchev–Trinajstić information content (AvgIpc) is 3.41. The van der Waals surface area contributed by atoms with Crippen molar-refractivity contribution in [1.29, 1.82) is 0 Å². The lowest BCUT2D eigenvalue weighted by atomic mass is 9.85. The maximum Gasteiger partial charge on any atom is 0.326 e. The summed E-state index contributed by atoms with van der Waals surface area (Å²) >= 11 is 0. The highest BCUT2D eigenvalue weighted by molar-refractivity contribution is 6.08. The number of fused-ring (bicyclic) bond motifs is 5. The molecule has 0 radical (unpaired) electrons. The highest BCUT2D eigenvalue weighted by atomic mass is 16.5. The summed E-state index contributed by atoms with van der Waals surface area (Å²) in [6, 6.07) is 8.24. The van der Waals surface area contributed by atoms with Crippen LogP contribution in [-0.2, 0) is 23.9 Å². The largest absolute Gasteiger partial charge is 0.454 e. The maximum absolute atomic E-state index is 12.5. The van der Waals surface area contributed by atoms with Gasteiger partial charge in [0.15, 0.2) is 6.61 Å². The smallest absolute Gasteiger partial charge is 0.326 e. The molecule has 2 aliphatic carbocycles. The van der Waals surface area contributed by atoms with Crippen LogP contribution in [0, 0.1) is 23.7 Å². The van der Waals surface area contributed by atoms with Crippen LogP contribution < -0.4 is 10.9 Å². The molecule has 1 aliphatic heterocycles. The van der Waals surface area contributed by atoms with Gasteiger partial charge in [0.1, 0.15) is 6.54 Å². The molecule has 2 N–H and O–H groups in total. The Balaban J connectivity index is 1.22. The Kier molecular flexibility index (Phi) is 4.87. The summed E-state index contributed by atoms with van der Waals surface area (Å²) in [6.45, 7) is -1.17. The van der Waals surface area contributed by atoms with E-state index in [9.17, 15) is 24.0 Å². The van der Waals surface area contributed by atoms with Gasteiger partial charge in [0.05, 0.1) is 11.8 Å². The molecule has 150 valence electrons. The van der Waals surface area contributed by atoms with Crippen molar-refractivity contribution in [1.82, 2.24) is 15.8 Å². The molecule has 0 aromatic heterocycles. The third kappa shape index (κ3) is 3.51. The lowest BCUT2D eigenvalue weighted by molar-refractivity contribution is -0.155. The van der Waals surface area contributed by atoms with Gasteiger partial charge in [-0.25, -0.2) is 0 Å². The minimum Gasteiger partial charge on any atom is -0.454 e. The summed E-state index contributed by atoms with van der Waals surface area (Å²) in [5, 5.41) is 0. The molecule has 1 heterocycles. The van der Waals surface area contributed by atoms with Gasteiger partial charge in [-0.15, -0.1) is 0 Å². The molecule has 4 amide bonds. The predicted octanol–water partition coefficient (Wildman–Crippen LogP) is -0.202. The van der Waals surface area contributed by atoms with Crippen LogP contribution in [0.5, 0.6) is 0 Å². The van der Waals surface area contributed by atoms with E-state index in [1.165, 1.54) is 0 Å². The van der Waals surface area contributed by atoms with Crippen molar-refractivity contribution in [2.75, 3.05) is 13.2 Å². The summed E-state index contributed by atoms with van der Waals surface area (Å²) in [5.41, 5.74) is 4.68. The number of allylic oxidation sites excluding steroid dienone is 2. The second-order valence-corrected chi connectivity index (χ2v) is 7.29. The van der Waals surface area contributed by atoms with Gasteiger partial charge in [0.25, 0.3) is 11.8 Å². The summed E-state index contributed by atoms with van der Waals surface area (Å²) < 4.78 is 4.83. The van der Waals surface area contributed by atoms with Crippen LogP contribution in [0.15, 0.2) is 42.5 Å². The zero-order valence-corrected chi connectivity index (χ0v) is 15.4. The summed E-state index contributed by atoms with van der Waals surface area (Å²) in [7, 11) is 0. The van der Waals surface area contributed by atoms with Crippen molar-refractivity contribution in [2.45, 2.75) is 6.42 Å². The van der Waals surface area contributed by atoms with Crippen LogP contribution in [-0.4, -0.2) is 47.6 Å². The van der Waals surface area contributed by atoms with Gasteiger partial charge < -0.3 is 4.74 Å². The molecule has 0 unspecified atom stereocenters. The maximum atomic E-state index is 12.5. The Morgan fingerprint density at radius 2 is 1.59 bits per heavy atom. The molecule has 9 heteroatoms. The Hall–Kier alpha value is -3.49. The third-order valence-corrected chi connectivity index (χ3v) is 5.56. The second kappa shape index (κ2) is 7.50. The molecular weight excluding hydrogens is 378 g/mol. The number of rotatable bonds is 5. The summed E-state index contributed by atoms with van der Waals surface area (Å²) in [5.74, 6) is -3.50. The minimum absolute atomic E-state index is 0.0569. The first kappa shape index (κ1) is 18.9. The molecule has 9 nitrogen and oxygen atoms in total. The van der Waals surface area contributed by atoms with E-state index in [0.717, 1.165) is 11.3 Å². The molecule has 1 aromatic carbocycles. The molecule has 4 atom stereocenters. The van der Waals surface area contributed by atoms with Gasteiger partial charge >= 0.3 is 5.97 Å². The number of esters is 1. The lowest BCUT2D eigenvalue weighted by Gasteiger charge is -2.16. The van der Waals surface area contributed by atoms with Crippen LogP contribution in [0.4, 0.5) is 0 Å². The van der Waals surface area contributed by atoms with Crippen LogP contribution in [0.2, 0.25) is 0 Å².